The molecule has 0 aliphatic heterocycles. The van der Waals surface area contributed by atoms with Gasteiger partial charge in [0.25, 0.3) is 5.97 Å². The van der Waals surface area contributed by atoms with Crippen molar-refractivity contribution >= 4 is 5.97 Å². The van der Waals surface area contributed by atoms with Crippen molar-refractivity contribution in [2.75, 3.05) is 0 Å². The zero-order chi connectivity index (χ0) is 8.43. The second-order valence-electron chi connectivity index (χ2n) is 2.25. The third-order valence-electron chi connectivity index (χ3n) is 1.31. The number of benzene rings is 1. The van der Waals surface area contributed by atoms with Crippen molar-refractivity contribution in [3.63, 3.8) is 0 Å². The largest absolute Gasteiger partial charge is 0.507 e. The quantitative estimate of drug-likeness (QED) is 0.600. The smallest absolute Gasteiger partial charge is 0.300 e. The summed E-state index contributed by atoms with van der Waals surface area (Å²) in [6, 6.07) is 5.65. The number of carboxylic acids is 1. The van der Waals surface area contributed by atoms with E-state index in [1.807, 2.05) is 12.1 Å². The van der Waals surface area contributed by atoms with Gasteiger partial charge in [-0.3, -0.25) is 4.79 Å². The van der Waals surface area contributed by atoms with E-state index in [0.29, 0.717) is 5.75 Å². The Bertz CT molecular complexity index is 287. The molecule has 0 radical (unpaired) electrons. The van der Waals surface area contributed by atoms with E-state index < -0.39 is 5.97 Å². The van der Waals surface area contributed by atoms with Crippen LogP contribution in [0.4, 0.5) is 0 Å². The van der Waals surface area contributed by atoms with Gasteiger partial charge in [0, 0.05) is 12.5 Å². The molecule has 2 aliphatic carbocycles. The zero-order valence-electron chi connectivity index (χ0n) is 6.03. The Morgan fingerprint density at radius 1 is 1.45 bits per heavy atom. The van der Waals surface area contributed by atoms with Crippen LogP contribution in [-0.2, 0) is 4.79 Å². The molecular formula is C8H8O3. The highest BCUT2D eigenvalue weighted by Gasteiger charge is 2.14. The summed E-state index contributed by atoms with van der Waals surface area (Å²) in [5.41, 5.74) is 2.22. The van der Waals surface area contributed by atoms with Crippen LogP contribution in [0.15, 0.2) is 18.2 Å². The van der Waals surface area contributed by atoms with E-state index in [2.05, 4.69) is 0 Å². The molecule has 0 amide bonds. The Kier molecular flexibility index (Phi) is 1.81. The minimum absolute atomic E-state index is 0.442. The van der Waals surface area contributed by atoms with Crippen molar-refractivity contribution in [2.45, 2.75) is 6.92 Å². The number of hydrogen-bond donors (Lipinski definition) is 2. The Morgan fingerprint density at radius 2 is 2.00 bits per heavy atom. The van der Waals surface area contributed by atoms with Crippen LogP contribution in [0.2, 0.25) is 0 Å². The van der Waals surface area contributed by atoms with Crippen molar-refractivity contribution < 1.29 is 15.0 Å². The zero-order valence-corrected chi connectivity index (χ0v) is 6.03. The summed E-state index contributed by atoms with van der Waals surface area (Å²) in [7, 11) is 0. The van der Waals surface area contributed by atoms with Gasteiger partial charge in [-0.25, -0.2) is 0 Å². The number of rotatable bonds is 0. The molecule has 0 unspecified atom stereocenters. The van der Waals surface area contributed by atoms with Crippen LogP contribution in [-0.4, -0.2) is 16.2 Å². The minimum Gasteiger partial charge on any atom is -0.507 e. The molecule has 0 atom stereocenters. The fraction of sp³-hybridized carbons (Fsp3) is 0.125. The fourth-order valence-electron chi connectivity index (χ4n) is 0.769. The number of phenols is 1. The molecule has 0 saturated carbocycles. The van der Waals surface area contributed by atoms with Crippen LogP contribution in [0.1, 0.15) is 6.92 Å². The molecule has 3 heteroatoms. The number of fused-ring (bicyclic) bond motifs is 1. The van der Waals surface area contributed by atoms with E-state index >= 15 is 0 Å². The number of carboxylic acid groups (broad SMARTS) is 1. The Morgan fingerprint density at radius 3 is 2.00 bits per heavy atom. The van der Waals surface area contributed by atoms with Gasteiger partial charge in [0.2, 0.25) is 0 Å². The molecule has 0 saturated heterocycles. The highest BCUT2D eigenvalue weighted by Crippen LogP contribution is 2.41. The highest BCUT2D eigenvalue weighted by atomic mass is 16.4. The van der Waals surface area contributed by atoms with Gasteiger partial charge >= 0.3 is 0 Å². The SMILES string of the molecule is CC(=O)O.Oc1cc2ccc1-2. The molecule has 0 fully saturated rings. The van der Waals surface area contributed by atoms with Gasteiger partial charge in [-0.05, 0) is 11.6 Å². The number of aromatic hydroxyl groups is 1. The van der Waals surface area contributed by atoms with E-state index in [4.69, 9.17) is 15.0 Å². The van der Waals surface area contributed by atoms with Gasteiger partial charge < -0.3 is 10.2 Å². The first-order chi connectivity index (χ1) is 5.11. The lowest BCUT2D eigenvalue weighted by Crippen LogP contribution is -1.88. The summed E-state index contributed by atoms with van der Waals surface area (Å²) in [4.78, 5) is 9.00. The first kappa shape index (κ1) is 7.60. The molecule has 2 aliphatic rings. The summed E-state index contributed by atoms with van der Waals surface area (Å²) in [6.45, 7) is 1.08. The second kappa shape index (κ2) is 2.62. The van der Waals surface area contributed by atoms with E-state index in [9.17, 15) is 0 Å². The standard InChI is InChI=1S/C6H4O.C2H4O2/c7-6-3-4-1-2-5(4)6;1-2(3)4/h1-3,7H;1H3,(H,3,4). The average Bonchev–Trinajstić information content (AvgIpc) is 1.81. The summed E-state index contributed by atoms with van der Waals surface area (Å²) in [6.07, 6.45) is 0. The Hall–Kier alpha value is -1.51. The molecule has 0 spiro atoms. The lowest BCUT2D eigenvalue weighted by Gasteiger charge is -2.14. The molecule has 2 rings (SSSR count). The van der Waals surface area contributed by atoms with Gasteiger partial charge in [-0.1, -0.05) is 12.1 Å². The Labute approximate surface area is 63.9 Å². The molecule has 11 heavy (non-hydrogen) atoms. The third kappa shape index (κ3) is 1.49. The van der Waals surface area contributed by atoms with Gasteiger partial charge in [-0.15, -0.1) is 0 Å². The molecule has 0 heterocycles. The second-order valence-corrected chi connectivity index (χ2v) is 2.25. The molecule has 0 aromatic heterocycles. The highest BCUT2D eigenvalue weighted by molar-refractivity contribution is 5.83. The van der Waals surface area contributed by atoms with E-state index in [0.717, 1.165) is 12.5 Å². The van der Waals surface area contributed by atoms with Crippen LogP contribution < -0.4 is 0 Å². The normalized spacial score (nSPS) is 9.55. The van der Waals surface area contributed by atoms with Gasteiger partial charge in [0.1, 0.15) is 5.75 Å². The van der Waals surface area contributed by atoms with Gasteiger partial charge in [0.05, 0.1) is 0 Å². The van der Waals surface area contributed by atoms with Gasteiger partial charge in [0.15, 0.2) is 0 Å². The average molecular weight is 152 g/mol. The first-order valence-corrected chi connectivity index (χ1v) is 3.14. The maximum atomic E-state index is 9.00. The van der Waals surface area contributed by atoms with Gasteiger partial charge in [-0.2, -0.15) is 0 Å². The van der Waals surface area contributed by atoms with Crippen molar-refractivity contribution in [1.29, 1.82) is 0 Å². The van der Waals surface area contributed by atoms with E-state index in [1.165, 1.54) is 5.56 Å². The van der Waals surface area contributed by atoms with Crippen molar-refractivity contribution in [1.82, 2.24) is 0 Å². The topological polar surface area (TPSA) is 57.5 Å². The number of phenolic OH excluding ortho intramolecular Hbond substituents is 1. The Balaban J connectivity index is 0.000000134. The van der Waals surface area contributed by atoms with Crippen LogP contribution in [0.25, 0.3) is 11.1 Å². The molecule has 0 aromatic rings. The maximum absolute atomic E-state index is 9.00. The van der Waals surface area contributed by atoms with Crippen molar-refractivity contribution in [3.05, 3.63) is 18.2 Å². The molecule has 0 aromatic carbocycles. The minimum atomic E-state index is -0.833. The van der Waals surface area contributed by atoms with Crippen LogP contribution in [0, 0.1) is 0 Å². The number of hydrogen-bond acceptors (Lipinski definition) is 2. The molecule has 2 N–H and O–H groups in total. The maximum Gasteiger partial charge on any atom is 0.300 e. The predicted octanol–water partition coefficient (Wildman–Crippen LogP) is 1.46. The van der Waals surface area contributed by atoms with Crippen molar-refractivity contribution in [3.8, 4) is 16.9 Å². The van der Waals surface area contributed by atoms with E-state index in [-0.39, 0.29) is 0 Å². The summed E-state index contributed by atoms with van der Waals surface area (Å²) < 4.78 is 0. The lowest BCUT2D eigenvalue weighted by atomic mass is 9.93. The number of aliphatic carboxylic acids is 1. The first-order valence-electron chi connectivity index (χ1n) is 3.14. The van der Waals surface area contributed by atoms with Crippen LogP contribution in [0.5, 0.6) is 5.75 Å². The monoisotopic (exact) mass is 152 g/mol. The summed E-state index contributed by atoms with van der Waals surface area (Å²) in [5.74, 6) is -0.391. The predicted molar refractivity (Wildman–Crippen MR) is 40.4 cm³/mol. The van der Waals surface area contributed by atoms with E-state index in [1.54, 1.807) is 6.07 Å². The summed E-state index contributed by atoms with van der Waals surface area (Å²) in [5, 5.41) is 16.1. The fourth-order valence-corrected chi connectivity index (χ4v) is 0.769. The summed E-state index contributed by atoms with van der Waals surface area (Å²) >= 11 is 0. The van der Waals surface area contributed by atoms with Crippen LogP contribution >= 0.6 is 0 Å². The van der Waals surface area contributed by atoms with Crippen LogP contribution in [0.3, 0.4) is 0 Å². The molecule has 58 valence electrons. The third-order valence-corrected chi connectivity index (χ3v) is 1.31. The molecule has 0 bridgehead atoms. The molecular weight excluding hydrogens is 144 g/mol. The molecule has 3 nitrogen and oxygen atoms in total. The lowest BCUT2D eigenvalue weighted by molar-refractivity contribution is -0.134. The van der Waals surface area contributed by atoms with Crippen molar-refractivity contribution in [2.24, 2.45) is 0 Å². The number of carbonyl (C=O) groups is 1.